The van der Waals surface area contributed by atoms with Crippen LogP contribution in [0.1, 0.15) is 24.9 Å². The number of benzene rings is 2. The monoisotopic (exact) mass is 382 g/mol. The highest BCUT2D eigenvalue weighted by molar-refractivity contribution is 5.85. The van der Waals surface area contributed by atoms with Gasteiger partial charge in [0.05, 0.1) is 6.61 Å². The molecule has 0 aliphatic carbocycles. The molecule has 0 aliphatic rings. The third-order valence-electron chi connectivity index (χ3n) is 3.63. The van der Waals surface area contributed by atoms with Gasteiger partial charge in [0.2, 0.25) is 0 Å². The molecule has 0 radical (unpaired) electrons. The first-order valence-corrected chi connectivity index (χ1v) is 8.23. The van der Waals surface area contributed by atoms with E-state index in [1.54, 1.807) is 18.2 Å². The third kappa shape index (κ3) is 6.90. The Bertz CT molecular complexity index is 683. The molecule has 142 valence electrons. The minimum Gasteiger partial charge on any atom is -0.494 e. The first-order chi connectivity index (χ1) is 12.1. The van der Waals surface area contributed by atoms with Gasteiger partial charge in [-0.05, 0) is 55.9 Å². The Labute approximate surface area is 159 Å². The van der Waals surface area contributed by atoms with Crippen molar-refractivity contribution in [2.45, 2.75) is 19.4 Å². The number of hydrogen-bond donors (Lipinski definition) is 2. The molecule has 0 saturated heterocycles. The molecule has 1 unspecified atom stereocenters. The van der Waals surface area contributed by atoms with Crippen LogP contribution >= 0.6 is 12.4 Å². The Hall–Kier alpha value is -2.31. The summed E-state index contributed by atoms with van der Waals surface area (Å²) in [5, 5.41) is 5.81. The SMILES string of the molecule is CCNC(=O)Oc1cccc(C(CCOc2ccc(F)cc2)NC)c1.Cl. The first kappa shape index (κ1) is 21.7. The zero-order valence-corrected chi connectivity index (χ0v) is 15.6. The van der Waals surface area contributed by atoms with Crippen LogP contribution in [0.3, 0.4) is 0 Å². The third-order valence-corrected chi connectivity index (χ3v) is 3.63. The normalized spacial score (nSPS) is 11.2. The summed E-state index contributed by atoms with van der Waals surface area (Å²) in [4.78, 5) is 11.5. The maximum absolute atomic E-state index is 12.9. The zero-order chi connectivity index (χ0) is 18.1. The smallest absolute Gasteiger partial charge is 0.412 e. The molecule has 2 aromatic rings. The lowest BCUT2D eigenvalue weighted by molar-refractivity contribution is 0.201. The number of rotatable bonds is 8. The van der Waals surface area contributed by atoms with Crippen molar-refractivity contribution < 1.29 is 18.7 Å². The Morgan fingerprint density at radius 2 is 1.88 bits per heavy atom. The average molecular weight is 383 g/mol. The predicted octanol–water partition coefficient (Wildman–Crippen LogP) is 4.09. The van der Waals surface area contributed by atoms with Gasteiger partial charge in [-0.2, -0.15) is 0 Å². The van der Waals surface area contributed by atoms with Crippen LogP contribution in [0.2, 0.25) is 0 Å². The number of hydrogen-bond acceptors (Lipinski definition) is 4. The summed E-state index contributed by atoms with van der Waals surface area (Å²) in [6, 6.07) is 13.3. The maximum Gasteiger partial charge on any atom is 0.412 e. The van der Waals surface area contributed by atoms with Gasteiger partial charge in [0, 0.05) is 19.0 Å². The highest BCUT2D eigenvalue weighted by atomic mass is 35.5. The molecule has 0 spiro atoms. The number of amides is 1. The van der Waals surface area contributed by atoms with E-state index in [4.69, 9.17) is 9.47 Å². The van der Waals surface area contributed by atoms with Crippen LogP contribution < -0.4 is 20.1 Å². The van der Waals surface area contributed by atoms with E-state index in [0.29, 0.717) is 31.1 Å². The summed E-state index contributed by atoms with van der Waals surface area (Å²) < 4.78 is 23.8. The largest absolute Gasteiger partial charge is 0.494 e. The summed E-state index contributed by atoms with van der Waals surface area (Å²) in [6.07, 6.45) is 0.235. The van der Waals surface area contributed by atoms with E-state index >= 15 is 0 Å². The molecule has 0 saturated carbocycles. The summed E-state index contributed by atoms with van der Waals surface area (Å²) in [7, 11) is 1.86. The average Bonchev–Trinajstić information content (AvgIpc) is 2.61. The van der Waals surface area contributed by atoms with E-state index in [0.717, 1.165) is 5.56 Å². The van der Waals surface area contributed by atoms with Crippen molar-refractivity contribution >= 4 is 18.5 Å². The van der Waals surface area contributed by atoms with E-state index < -0.39 is 6.09 Å². The number of halogens is 2. The van der Waals surface area contributed by atoms with Gasteiger partial charge in [0.1, 0.15) is 17.3 Å². The molecule has 0 bridgehead atoms. The standard InChI is InChI=1S/C19H23FN2O3.ClH/c1-3-22-19(23)25-17-6-4-5-14(13-17)18(21-2)11-12-24-16-9-7-15(20)8-10-16;/h4-10,13,18,21H,3,11-12H2,1-2H3,(H,22,23);1H. The van der Waals surface area contributed by atoms with Crippen LogP contribution in [0.15, 0.2) is 48.5 Å². The highest BCUT2D eigenvalue weighted by Gasteiger charge is 2.11. The van der Waals surface area contributed by atoms with Crippen LogP contribution in [-0.2, 0) is 0 Å². The number of nitrogens with one attached hydrogen (secondary N) is 2. The quantitative estimate of drug-likeness (QED) is 0.722. The Morgan fingerprint density at radius 1 is 1.15 bits per heavy atom. The molecule has 26 heavy (non-hydrogen) atoms. The number of carbonyl (C=O) groups excluding carboxylic acids is 1. The van der Waals surface area contributed by atoms with Crippen molar-refractivity contribution in [3.8, 4) is 11.5 Å². The Balaban J connectivity index is 0.00000338. The Kier molecular flexibility index (Phi) is 9.47. The van der Waals surface area contributed by atoms with Gasteiger partial charge in [0.15, 0.2) is 0 Å². The van der Waals surface area contributed by atoms with Crippen LogP contribution in [0.5, 0.6) is 11.5 Å². The molecular weight excluding hydrogens is 359 g/mol. The van der Waals surface area contributed by atoms with Crippen LogP contribution in [0.4, 0.5) is 9.18 Å². The zero-order valence-electron chi connectivity index (χ0n) is 14.8. The van der Waals surface area contributed by atoms with E-state index in [-0.39, 0.29) is 24.3 Å². The van der Waals surface area contributed by atoms with Gasteiger partial charge in [-0.3, -0.25) is 0 Å². The minimum absolute atomic E-state index is 0. The van der Waals surface area contributed by atoms with Crippen molar-refractivity contribution in [3.05, 3.63) is 59.9 Å². The lowest BCUT2D eigenvalue weighted by atomic mass is 10.0. The second kappa shape index (κ2) is 11.3. The lowest BCUT2D eigenvalue weighted by Crippen LogP contribution is -2.26. The van der Waals surface area contributed by atoms with Gasteiger partial charge < -0.3 is 20.1 Å². The fourth-order valence-electron chi connectivity index (χ4n) is 2.39. The number of carbonyl (C=O) groups is 1. The molecule has 2 aromatic carbocycles. The van der Waals surface area contributed by atoms with Crippen molar-refractivity contribution in [2.75, 3.05) is 20.2 Å². The minimum atomic E-state index is -0.472. The predicted molar refractivity (Wildman–Crippen MR) is 102 cm³/mol. The topological polar surface area (TPSA) is 59.6 Å². The molecule has 0 aromatic heterocycles. The van der Waals surface area contributed by atoms with Gasteiger partial charge in [-0.25, -0.2) is 9.18 Å². The van der Waals surface area contributed by atoms with Crippen LogP contribution in [0, 0.1) is 5.82 Å². The summed E-state index contributed by atoms with van der Waals surface area (Å²) in [5.41, 5.74) is 0.993. The fourth-order valence-corrected chi connectivity index (χ4v) is 2.39. The molecule has 1 amide bonds. The summed E-state index contributed by atoms with van der Waals surface area (Å²) in [5.74, 6) is 0.831. The molecule has 2 rings (SSSR count). The molecule has 0 fully saturated rings. The first-order valence-electron chi connectivity index (χ1n) is 8.23. The molecule has 0 aliphatic heterocycles. The molecular formula is C19H24ClFN2O3. The van der Waals surface area contributed by atoms with Crippen molar-refractivity contribution in [1.82, 2.24) is 10.6 Å². The van der Waals surface area contributed by atoms with Crippen molar-refractivity contribution in [2.24, 2.45) is 0 Å². The number of ether oxygens (including phenoxy) is 2. The lowest BCUT2D eigenvalue weighted by Gasteiger charge is -2.18. The Morgan fingerprint density at radius 3 is 2.54 bits per heavy atom. The van der Waals surface area contributed by atoms with Gasteiger partial charge >= 0.3 is 6.09 Å². The van der Waals surface area contributed by atoms with Crippen molar-refractivity contribution in [1.29, 1.82) is 0 Å². The van der Waals surface area contributed by atoms with E-state index in [1.807, 2.05) is 32.2 Å². The van der Waals surface area contributed by atoms with Gasteiger partial charge in [-0.15, -0.1) is 12.4 Å². The summed E-state index contributed by atoms with van der Waals surface area (Å²) in [6.45, 7) is 2.81. The molecule has 0 heterocycles. The molecule has 1 atom stereocenters. The summed E-state index contributed by atoms with van der Waals surface area (Å²) >= 11 is 0. The van der Waals surface area contributed by atoms with Gasteiger partial charge in [-0.1, -0.05) is 12.1 Å². The van der Waals surface area contributed by atoms with Crippen molar-refractivity contribution in [3.63, 3.8) is 0 Å². The van der Waals surface area contributed by atoms with E-state index in [1.165, 1.54) is 12.1 Å². The van der Waals surface area contributed by atoms with E-state index in [2.05, 4.69) is 10.6 Å². The van der Waals surface area contributed by atoms with Crippen LogP contribution in [-0.4, -0.2) is 26.3 Å². The van der Waals surface area contributed by atoms with Crippen LogP contribution in [0.25, 0.3) is 0 Å². The second-order valence-electron chi connectivity index (χ2n) is 5.42. The van der Waals surface area contributed by atoms with Gasteiger partial charge in [0.25, 0.3) is 0 Å². The molecule has 2 N–H and O–H groups in total. The fraction of sp³-hybridized carbons (Fsp3) is 0.316. The maximum atomic E-state index is 12.9. The molecule has 7 heteroatoms. The second-order valence-corrected chi connectivity index (χ2v) is 5.42. The molecule has 5 nitrogen and oxygen atoms in total. The van der Waals surface area contributed by atoms with E-state index in [9.17, 15) is 9.18 Å². The highest BCUT2D eigenvalue weighted by Crippen LogP contribution is 2.22.